The van der Waals surface area contributed by atoms with Crippen molar-refractivity contribution in [3.63, 3.8) is 0 Å². The molecule has 0 fully saturated rings. The minimum atomic E-state index is -0.887. The maximum atomic E-state index is 13.6. The van der Waals surface area contributed by atoms with E-state index in [1.807, 2.05) is 0 Å². The van der Waals surface area contributed by atoms with Gasteiger partial charge >= 0.3 is 5.69 Å². The van der Waals surface area contributed by atoms with Crippen LogP contribution in [-0.4, -0.2) is 9.97 Å². The van der Waals surface area contributed by atoms with Crippen molar-refractivity contribution in [2.45, 2.75) is 11.8 Å². The van der Waals surface area contributed by atoms with Crippen LogP contribution in [0.4, 0.5) is 8.78 Å². The third kappa shape index (κ3) is 2.69. The summed E-state index contributed by atoms with van der Waals surface area (Å²) in [5.74, 6) is -1.76. The van der Waals surface area contributed by atoms with Crippen LogP contribution < -0.4 is 5.69 Å². The molecular weight excluding hydrogens is 298 g/mol. The van der Waals surface area contributed by atoms with Gasteiger partial charge in [0.05, 0.1) is 16.4 Å². The third-order valence-corrected chi connectivity index (χ3v) is 3.74. The largest absolute Gasteiger partial charge is 0.323 e. The first-order valence-corrected chi connectivity index (χ1v) is 6.77. The molecule has 1 heterocycles. The average molecular weight is 309 g/mol. The molecule has 1 aromatic heterocycles. The predicted octanol–water partition coefficient (Wildman–Crippen LogP) is 3.66. The maximum Gasteiger partial charge on any atom is 0.323 e. The van der Waals surface area contributed by atoms with Crippen molar-refractivity contribution < 1.29 is 8.78 Å². The Kier molecular flexibility index (Phi) is 3.51. The SMILES string of the molecule is O=c1[nH]c2ccc(C(Cl)Cc3cccc(F)c3F)cc2[nH]1. The summed E-state index contributed by atoms with van der Waals surface area (Å²) >= 11 is 6.28. The van der Waals surface area contributed by atoms with E-state index in [0.29, 0.717) is 11.0 Å². The van der Waals surface area contributed by atoms with Crippen molar-refractivity contribution in [2.24, 2.45) is 0 Å². The van der Waals surface area contributed by atoms with Crippen LogP contribution in [0, 0.1) is 11.6 Å². The number of halogens is 3. The van der Waals surface area contributed by atoms with Gasteiger partial charge < -0.3 is 9.97 Å². The van der Waals surface area contributed by atoms with Crippen molar-refractivity contribution in [2.75, 3.05) is 0 Å². The number of H-pyrrole nitrogens is 2. The molecular formula is C15H11ClF2N2O. The highest BCUT2D eigenvalue weighted by Gasteiger charge is 2.15. The Hall–Kier alpha value is -2.14. The number of aromatic amines is 2. The van der Waals surface area contributed by atoms with Crippen LogP contribution in [0.5, 0.6) is 0 Å². The van der Waals surface area contributed by atoms with Gasteiger partial charge in [0.2, 0.25) is 0 Å². The number of rotatable bonds is 3. The lowest BCUT2D eigenvalue weighted by Gasteiger charge is -2.11. The Morgan fingerprint density at radius 1 is 1.10 bits per heavy atom. The second kappa shape index (κ2) is 5.33. The van der Waals surface area contributed by atoms with Crippen LogP contribution in [0.1, 0.15) is 16.5 Å². The first-order valence-electron chi connectivity index (χ1n) is 6.33. The molecule has 0 aliphatic rings. The zero-order valence-corrected chi connectivity index (χ0v) is 11.5. The number of aromatic nitrogens is 2. The van der Waals surface area contributed by atoms with Gasteiger partial charge in [-0.05, 0) is 35.7 Å². The molecule has 2 N–H and O–H groups in total. The Morgan fingerprint density at radius 2 is 1.86 bits per heavy atom. The number of benzene rings is 2. The molecule has 0 bridgehead atoms. The lowest BCUT2D eigenvalue weighted by molar-refractivity contribution is 0.498. The minimum Gasteiger partial charge on any atom is -0.306 e. The van der Waals surface area contributed by atoms with Crippen LogP contribution in [0.3, 0.4) is 0 Å². The highest BCUT2D eigenvalue weighted by molar-refractivity contribution is 6.21. The first-order chi connectivity index (χ1) is 10.0. The monoisotopic (exact) mass is 308 g/mol. The lowest BCUT2D eigenvalue weighted by Crippen LogP contribution is -2.00. The molecule has 1 unspecified atom stereocenters. The number of hydrogen-bond acceptors (Lipinski definition) is 1. The molecule has 0 spiro atoms. The molecule has 0 radical (unpaired) electrons. The highest BCUT2D eigenvalue weighted by Crippen LogP contribution is 2.28. The van der Waals surface area contributed by atoms with Crippen molar-refractivity contribution >= 4 is 22.6 Å². The van der Waals surface area contributed by atoms with E-state index in [1.54, 1.807) is 18.2 Å². The topological polar surface area (TPSA) is 48.6 Å². The van der Waals surface area contributed by atoms with Gasteiger partial charge in [-0.15, -0.1) is 11.6 Å². The molecule has 3 rings (SSSR count). The van der Waals surface area contributed by atoms with Gasteiger partial charge in [-0.2, -0.15) is 0 Å². The lowest BCUT2D eigenvalue weighted by atomic mass is 10.0. The normalized spacial score (nSPS) is 12.7. The molecule has 3 aromatic rings. The summed E-state index contributed by atoms with van der Waals surface area (Å²) in [6.45, 7) is 0. The van der Waals surface area contributed by atoms with Gasteiger partial charge in [0.25, 0.3) is 0 Å². The van der Waals surface area contributed by atoms with E-state index in [9.17, 15) is 13.6 Å². The summed E-state index contributed by atoms with van der Waals surface area (Å²) in [6.07, 6.45) is 0.158. The number of imidazole rings is 1. The molecule has 1 atom stereocenters. The van der Waals surface area contributed by atoms with Crippen molar-refractivity contribution in [3.05, 3.63) is 69.6 Å². The van der Waals surface area contributed by atoms with E-state index < -0.39 is 17.0 Å². The van der Waals surface area contributed by atoms with Crippen molar-refractivity contribution in [3.8, 4) is 0 Å². The Balaban J connectivity index is 1.91. The third-order valence-electron chi connectivity index (χ3n) is 3.33. The molecule has 108 valence electrons. The van der Waals surface area contributed by atoms with Gasteiger partial charge in [-0.1, -0.05) is 18.2 Å². The second-order valence-electron chi connectivity index (χ2n) is 4.77. The predicted molar refractivity (Wildman–Crippen MR) is 77.6 cm³/mol. The van der Waals surface area contributed by atoms with E-state index in [-0.39, 0.29) is 17.7 Å². The quantitative estimate of drug-likeness (QED) is 0.713. The van der Waals surface area contributed by atoms with E-state index in [1.165, 1.54) is 12.1 Å². The maximum absolute atomic E-state index is 13.6. The number of nitrogens with one attached hydrogen (secondary N) is 2. The zero-order chi connectivity index (χ0) is 15.0. The first kappa shape index (κ1) is 13.8. The zero-order valence-electron chi connectivity index (χ0n) is 10.8. The fourth-order valence-corrected chi connectivity index (χ4v) is 2.56. The smallest absolute Gasteiger partial charge is 0.306 e. The van der Waals surface area contributed by atoms with Crippen LogP contribution >= 0.6 is 11.6 Å². The molecule has 0 saturated heterocycles. The molecule has 6 heteroatoms. The Labute approximate surface area is 123 Å². The van der Waals surface area contributed by atoms with E-state index in [2.05, 4.69) is 9.97 Å². The number of alkyl halides is 1. The highest BCUT2D eigenvalue weighted by atomic mass is 35.5. The van der Waals surface area contributed by atoms with Crippen LogP contribution in [0.2, 0.25) is 0 Å². The number of hydrogen-bond donors (Lipinski definition) is 2. The van der Waals surface area contributed by atoms with Gasteiger partial charge in [0, 0.05) is 0 Å². The minimum absolute atomic E-state index is 0.158. The van der Waals surface area contributed by atoms with Crippen LogP contribution in [-0.2, 0) is 6.42 Å². The summed E-state index contributed by atoms with van der Waals surface area (Å²) < 4.78 is 26.8. The average Bonchev–Trinajstić information content (AvgIpc) is 2.82. The Bertz CT molecular complexity index is 856. The van der Waals surface area contributed by atoms with Crippen molar-refractivity contribution in [1.29, 1.82) is 0 Å². The second-order valence-corrected chi connectivity index (χ2v) is 5.30. The Morgan fingerprint density at radius 3 is 2.67 bits per heavy atom. The van der Waals surface area contributed by atoms with E-state index in [4.69, 9.17) is 11.6 Å². The fourth-order valence-electron chi connectivity index (χ4n) is 2.26. The summed E-state index contributed by atoms with van der Waals surface area (Å²) in [5.41, 5.74) is 1.94. The van der Waals surface area contributed by atoms with Gasteiger partial charge in [-0.3, -0.25) is 0 Å². The number of fused-ring (bicyclic) bond motifs is 1. The fraction of sp³-hybridized carbons (Fsp3) is 0.133. The van der Waals surface area contributed by atoms with Gasteiger partial charge in [0.1, 0.15) is 0 Å². The van der Waals surface area contributed by atoms with E-state index in [0.717, 1.165) is 11.6 Å². The van der Waals surface area contributed by atoms with Crippen LogP contribution in [0.15, 0.2) is 41.2 Å². The van der Waals surface area contributed by atoms with Crippen molar-refractivity contribution in [1.82, 2.24) is 9.97 Å². The summed E-state index contributed by atoms with van der Waals surface area (Å²) in [4.78, 5) is 16.5. The molecule has 0 aliphatic carbocycles. The van der Waals surface area contributed by atoms with Crippen LogP contribution in [0.25, 0.3) is 11.0 Å². The molecule has 0 aliphatic heterocycles. The summed E-state index contributed by atoms with van der Waals surface area (Å²) in [7, 11) is 0. The van der Waals surface area contributed by atoms with Gasteiger partial charge in [0.15, 0.2) is 11.6 Å². The molecule has 0 amide bonds. The standard InChI is InChI=1S/C15H11ClF2N2O/c16-10(6-9-2-1-3-11(17)14(9)18)8-4-5-12-13(7-8)20-15(21)19-12/h1-5,7,10H,6H2,(H2,19,20,21). The molecule has 0 saturated carbocycles. The molecule has 21 heavy (non-hydrogen) atoms. The summed E-state index contributed by atoms with van der Waals surface area (Å²) in [5, 5.41) is -0.524. The van der Waals surface area contributed by atoms with Gasteiger partial charge in [-0.25, -0.2) is 13.6 Å². The van der Waals surface area contributed by atoms with E-state index >= 15 is 0 Å². The summed E-state index contributed by atoms with van der Waals surface area (Å²) in [6, 6.07) is 9.22. The molecule has 3 nitrogen and oxygen atoms in total. The molecule has 2 aromatic carbocycles.